The fourth-order valence-electron chi connectivity index (χ4n) is 5.35. The highest BCUT2D eigenvalue weighted by molar-refractivity contribution is 5.02. The second-order valence-corrected chi connectivity index (χ2v) is 11.1. The number of aliphatic hydroxyl groups excluding tert-OH is 9. The van der Waals surface area contributed by atoms with Crippen LogP contribution in [-0.4, -0.2) is 183 Å². The molecule has 0 aromatic heterocycles. The van der Waals surface area contributed by atoms with Gasteiger partial charge < -0.3 is 92.7 Å². The van der Waals surface area contributed by atoms with Crippen LogP contribution in [0.15, 0.2) is 0 Å². The second-order valence-electron chi connectivity index (χ2n) is 11.1. The van der Waals surface area contributed by atoms with Crippen LogP contribution in [0, 0.1) is 0 Å². The zero-order valence-electron chi connectivity index (χ0n) is 23.3. The van der Waals surface area contributed by atoms with Gasteiger partial charge in [-0.25, -0.2) is 0 Å². The van der Waals surface area contributed by atoms with Gasteiger partial charge in [-0.05, 0) is 19.4 Å². The zero-order chi connectivity index (χ0) is 31.1. The molecule has 0 radical (unpaired) electrons. The van der Waals surface area contributed by atoms with Crippen LogP contribution in [0.2, 0.25) is 0 Å². The van der Waals surface area contributed by atoms with E-state index in [1.54, 1.807) is 0 Å². The molecule has 0 spiro atoms. The quantitative estimate of drug-likeness (QED) is 0.0806. The SMILES string of the molecule is NCC(O)CN[C@@H]1C[C@H](N)C(O[C@H]2O[C@H](CNCCCO)[C@@H](O)[C@H](O)[C@H]2O)[C@H](O)[C@H]1O[C@H]1O[C@H](CO)[C@@H](O)[C@H](N)[C@H]1O. The third-order valence-corrected chi connectivity index (χ3v) is 7.95. The highest BCUT2D eigenvalue weighted by Crippen LogP contribution is 2.32. The molecule has 3 aliphatic rings. The van der Waals surface area contributed by atoms with E-state index in [1.807, 2.05) is 0 Å². The largest absolute Gasteiger partial charge is 0.396 e. The van der Waals surface area contributed by atoms with Crippen LogP contribution >= 0.6 is 0 Å². The number of ether oxygens (including phenoxy) is 4. The van der Waals surface area contributed by atoms with Gasteiger partial charge in [0.1, 0.15) is 61.0 Å². The summed E-state index contributed by atoms with van der Waals surface area (Å²) in [6.45, 7) is -0.277. The highest BCUT2D eigenvalue weighted by Gasteiger charge is 2.52. The summed E-state index contributed by atoms with van der Waals surface area (Å²) < 4.78 is 23.1. The maximum atomic E-state index is 11.4. The molecule has 16 atom stereocenters. The lowest BCUT2D eigenvalue weighted by Gasteiger charge is -2.49. The lowest BCUT2D eigenvalue weighted by Crippen LogP contribution is -2.69. The van der Waals surface area contributed by atoms with Crippen LogP contribution in [0.1, 0.15) is 12.8 Å². The van der Waals surface area contributed by atoms with Gasteiger partial charge in [0.05, 0.1) is 18.8 Å². The van der Waals surface area contributed by atoms with Gasteiger partial charge in [-0.2, -0.15) is 0 Å². The molecule has 42 heavy (non-hydrogen) atoms. The third-order valence-electron chi connectivity index (χ3n) is 7.95. The lowest BCUT2D eigenvalue weighted by atomic mass is 9.83. The van der Waals surface area contributed by atoms with Crippen molar-refractivity contribution in [1.29, 1.82) is 0 Å². The Morgan fingerprint density at radius 2 is 1.45 bits per heavy atom. The molecule has 18 heteroatoms. The van der Waals surface area contributed by atoms with Gasteiger partial charge in [0.15, 0.2) is 12.6 Å². The molecule has 2 aliphatic heterocycles. The molecule has 0 bridgehead atoms. The lowest BCUT2D eigenvalue weighted by molar-refractivity contribution is -0.333. The predicted molar refractivity (Wildman–Crippen MR) is 142 cm³/mol. The second kappa shape index (κ2) is 16.5. The first-order chi connectivity index (χ1) is 19.9. The van der Waals surface area contributed by atoms with Crippen LogP contribution in [0.5, 0.6) is 0 Å². The van der Waals surface area contributed by atoms with Crippen LogP contribution in [-0.2, 0) is 18.9 Å². The minimum Gasteiger partial charge on any atom is -0.396 e. The summed E-state index contributed by atoms with van der Waals surface area (Å²) in [5.41, 5.74) is 17.8. The monoisotopic (exact) mass is 615 g/mol. The van der Waals surface area contributed by atoms with Crippen molar-refractivity contribution < 1.29 is 64.9 Å². The number of rotatable bonds is 14. The summed E-state index contributed by atoms with van der Waals surface area (Å²) in [4.78, 5) is 0. The third kappa shape index (κ3) is 8.50. The van der Waals surface area contributed by atoms with Crippen molar-refractivity contribution in [3.63, 3.8) is 0 Å². The van der Waals surface area contributed by atoms with Gasteiger partial charge in [-0.15, -0.1) is 0 Å². The molecule has 2 saturated heterocycles. The Labute approximate surface area is 243 Å². The summed E-state index contributed by atoms with van der Waals surface area (Å²) >= 11 is 0. The Kier molecular flexibility index (Phi) is 14.1. The number of hydrogen-bond donors (Lipinski definition) is 14. The van der Waals surface area contributed by atoms with Crippen molar-refractivity contribution in [3.05, 3.63) is 0 Å². The zero-order valence-corrected chi connectivity index (χ0v) is 23.3. The van der Waals surface area contributed by atoms with E-state index in [1.165, 1.54) is 0 Å². The fourth-order valence-corrected chi connectivity index (χ4v) is 5.35. The van der Waals surface area contributed by atoms with E-state index in [4.69, 9.17) is 41.3 Å². The van der Waals surface area contributed by atoms with Crippen LogP contribution in [0.25, 0.3) is 0 Å². The van der Waals surface area contributed by atoms with Gasteiger partial charge in [0.2, 0.25) is 0 Å². The minimum absolute atomic E-state index is 0.00292. The molecule has 0 amide bonds. The summed E-state index contributed by atoms with van der Waals surface area (Å²) in [5.74, 6) is 0. The normalized spacial score (nSPS) is 45.6. The summed E-state index contributed by atoms with van der Waals surface area (Å²) in [5, 5.41) is 98.2. The van der Waals surface area contributed by atoms with Crippen LogP contribution < -0.4 is 27.8 Å². The molecule has 2 heterocycles. The van der Waals surface area contributed by atoms with Gasteiger partial charge in [-0.3, -0.25) is 0 Å². The number of nitrogens with one attached hydrogen (secondary N) is 2. The van der Waals surface area contributed by atoms with Crippen LogP contribution in [0.4, 0.5) is 0 Å². The molecule has 2 unspecified atom stereocenters. The molecule has 1 saturated carbocycles. The van der Waals surface area contributed by atoms with E-state index >= 15 is 0 Å². The Balaban J connectivity index is 1.78. The van der Waals surface area contributed by atoms with E-state index in [0.29, 0.717) is 13.0 Å². The first-order valence-corrected chi connectivity index (χ1v) is 14.2. The Hall–Kier alpha value is -0.720. The molecule has 18 nitrogen and oxygen atoms in total. The van der Waals surface area contributed by atoms with E-state index in [0.717, 1.165) is 0 Å². The van der Waals surface area contributed by atoms with Crippen molar-refractivity contribution in [2.75, 3.05) is 39.4 Å². The Morgan fingerprint density at radius 1 is 0.810 bits per heavy atom. The average Bonchev–Trinajstić information content (AvgIpc) is 2.98. The molecule has 0 aromatic rings. The molecule has 0 aromatic carbocycles. The summed E-state index contributed by atoms with van der Waals surface area (Å²) in [7, 11) is 0. The van der Waals surface area contributed by atoms with Gasteiger partial charge in [0.25, 0.3) is 0 Å². The predicted octanol–water partition coefficient (Wildman–Crippen LogP) is -8.33. The molecular weight excluding hydrogens is 566 g/mol. The first-order valence-electron chi connectivity index (χ1n) is 14.2. The number of nitrogens with two attached hydrogens (primary N) is 3. The van der Waals surface area contributed by atoms with Gasteiger partial charge in [-0.1, -0.05) is 0 Å². The average molecular weight is 616 g/mol. The van der Waals surface area contributed by atoms with E-state index in [2.05, 4.69) is 10.6 Å². The molecular formula is C24H49N5O13. The molecule has 1 aliphatic carbocycles. The number of hydrogen-bond acceptors (Lipinski definition) is 18. The molecule has 17 N–H and O–H groups in total. The highest BCUT2D eigenvalue weighted by atomic mass is 16.7. The number of aliphatic hydroxyl groups is 9. The summed E-state index contributed by atoms with van der Waals surface area (Å²) in [6.07, 6.45) is -17.5. The Morgan fingerprint density at radius 3 is 2.10 bits per heavy atom. The molecule has 3 fully saturated rings. The fraction of sp³-hybridized carbons (Fsp3) is 1.00. The van der Waals surface area contributed by atoms with E-state index in [9.17, 15) is 40.9 Å². The van der Waals surface area contributed by atoms with Crippen molar-refractivity contribution >= 4 is 0 Å². The maximum absolute atomic E-state index is 11.4. The minimum atomic E-state index is -1.71. The summed E-state index contributed by atoms with van der Waals surface area (Å²) in [6, 6.07) is -2.90. The van der Waals surface area contributed by atoms with Gasteiger partial charge in [0, 0.05) is 38.3 Å². The topological polar surface area (TPSA) is 321 Å². The van der Waals surface area contributed by atoms with E-state index in [-0.39, 0.29) is 32.7 Å². The molecule has 3 rings (SSSR count). The van der Waals surface area contributed by atoms with Crippen LogP contribution in [0.3, 0.4) is 0 Å². The maximum Gasteiger partial charge on any atom is 0.187 e. The Bertz CT molecular complexity index is 793. The van der Waals surface area contributed by atoms with Gasteiger partial charge >= 0.3 is 0 Å². The molecule has 248 valence electrons. The van der Waals surface area contributed by atoms with Crippen molar-refractivity contribution in [2.45, 2.75) is 111 Å². The van der Waals surface area contributed by atoms with E-state index < -0.39 is 104 Å². The first kappa shape index (κ1) is 35.8. The van der Waals surface area contributed by atoms with Crippen molar-refractivity contribution in [1.82, 2.24) is 10.6 Å². The van der Waals surface area contributed by atoms with Crippen molar-refractivity contribution in [3.8, 4) is 0 Å². The standard InChI is InChI=1S/C24H49N5O13/c25-5-9(32)6-29-11-4-10(26)21(20(38)22(11)42-23-17(35)14(27)15(33)13(8-31)40-23)41-24-19(37)18(36)16(34)12(39-24)7-28-2-1-3-30/h9-24,28-38H,1-8,25-27H2/t9?,10-,11+,12+,13+,14-,15+,16+,17+,18-,19+,20-,21?,22-,23+,24+/m0/s1. The van der Waals surface area contributed by atoms with Crippen molar-refractivity contribution in [2.24, 2.45) is 17.2 Å². The smallest absolute Gasteiger partial charge is 0.187 e.